The SMILES string of the molecule is COc1ccc(C(C)Nc2ncnc3c2ncn3C2OC(CO)C(O)C2O)cc1OC. The van der Waals surface area contributed by atoms with Crippen molar-refractivity contribution < 1.29 is 29.5 Å². The third-order valence-electron chi connectivity index (χ3n) is 5.41. The van der Waals surface area contributed by atoms with Gasteiger partial charge >= 0.3 is 0 Å². The summed E-state index contributed by atoms with van der Waals surface area (Å²) >= 11 is 0. The predicted octanol–water partition coefficient (Wildman–Crippen LogP) is 0.628. The van der Waals surface area contributed by atoms with Gasteiger partial charge in [0.05, 0.1) is 33.2 Å². The first-order chi connectivity index (χ1) is 15.0. The van der Waals surface area contributed by atoms with Gasteiger partial charge in [0.1, 0.15) is 24.6 Å². The molecule has 3 heterocycles. The summed E-state index contributed by atoms with van der Waals surface area (Å²) in [6, 6.07) is 5.50. The number of fused-ring (bicyclic) bond motifs is 1. The third-order valence-corrected chi connectivity index (χ3v) is 5.41. The van der Waals surface area contributed by atoms with Crippen LogP contribution in [0.3, 0.4) is 0 Å². The first-order valence-electron chi connectivity index (χ1n) is 9.77. The van der Waals surface area contributed by atoms with Crippen molar-refractivity contribution in [3.8, 4) is 11.5 Å². The molecule has 1 aliphatic heterocycles. The number of methoxy groups -OCH3 is 2. The number of aliphatic hydroxyl groups excluding tert-OH is 3. The molecule has 5 unspecified atom stereocenters. The lowest BCUT2D eigenvalue weighted by molar-refractivity contribution is -0.0511. The predicted molar refractivity (Wildman–Crippen MR) is 110 cm³/mol. The molecule has 11 nitrogen and oxygen atoms in total. The molecular formula is C20H25N5O6. The molecule has 1 aliphatic rings. The van der Waals surface area contributed by atoms with Gasteiger partial charge in [-0.2, -0.15) is 0 Å². The first-order valence-corrected chi connectivity index (χ1v) is 9.77. The molecule has 1 aromatic carbocycles. The second-order valence-corrected chi connectivity index (χ2v) is 7.26. The van der Waals surface area contributed by atoms with Crippen molar-refractivity contribution in [3.05, 3.63) is 36.4 Å². The van der Waals surface area contributed by atoms with E-state index in [9.17, 15) is 15.3 Å². The minimum Gasteiger partial charge on any atom is -0.493 e. The largest absolute Gasteiger partial charge is 0.493 e. The minimum atomic E-state index is -1.23. The average Bonchev–Trinajstić information content (AvgIpc) is 3.34. The van der Waals surface area contributed by atoms with Gasteiger partial charge in [-0.1, -0.05) is 6.07 Å². The molecule has 31 heavy (non-hydrogen) atoms. The number of hydrogen-bond donors (Lipinski definition) is 4. The second-order valence-electron chi connectivity index (χ2n) is 7.26. The van der Waals surface area contributed by atoms with Crippen LogP contribution in [0.15, 0.2) is 30.9 Å². The van der Waals surface area contributed by atoms with E-state index in [1.54, 1.807) is 14.2 Å². The van der Waals surface area contributed by atoms with E-state index in [0.717, 1.165) is 5.56 Å². The van der Waals surface area contributed by atoms with Crippen LogP contribution in [0.2, 0.25) is 0 Å². The quantitative estimate of drug-likeness (QED) is 0.420. The number of benzene rings is 1. The summed E-state index contributed by atoms with van der Waals surface area (Å²) in [4.78, 5) is 12.9. The summed E-state index contributed by atoms with van der Waals surface area (Å²) in [7, 11) is 3.16. The maximum absolute atomic E-state index is 10.3. The molecule has 0 aliphatic carbocycles. The third kappa shape index (κ3) is 3.76. The molecule has 0 amide bonds. The van der Waals surface area contributed by atoms with Crippen LogP contribution in [0, 0.1) is 0 Å². The molecule has 4 N–H and O–H groups in total. The van der Waals surface area contributed by atoms with Crippen LogP contribution in [0.25, 0.3) is 11.2 Å². The number of imidazole rings is 1. The highest BCUT2D eigenvalue weighted by atomic mass is 16.6. The number of anilines is 1. The number of ether oxygens (including phenoxy) is 3. The van der Waals surface area contributed by atoms with E-state index >= 15 is 0 Å². The molecule has 1 fully saturated rings. The van der Waals surface area contributed by atoms with Crippen molar-refractivity contribution in [2.75, 3.05) is 26.1 Å². The maximum atomic E-state index is 10.3. The molecular weight excluding hydrogens is 406 g/mol. The van der Waals surface area contributed by atoms with Gasteiger partial charge in [-0.25, -0.2) is 15.0 Å². The highest BCUT2D eigenvalue weighted by Gasteiger charge is 2.44. The second kappa shape index (κ2) is 8.63. The van der Waals surface area contributed by atoms with Crippen LogP contribution < -0.4 is 14.8 Å². The van der Waals surface area contributed by atoms with Crippen LogP contribution in [-0.2, 0) is 4.74 Å². The lowest BCUT2D eigenvalue weighted by Gasteiger charge is -2.18. The number of aliphatic hydroxyl groups is 3. The van der Waals surface area contributed by atoms with Gasteiger partial charge in [0.25, 0.3) is 0 Å². The molecule has 0 spiro atoms. The Kier molecular flexibility index (Phi) is 5.92. The van der Waals surface area contributed by atoms with Crippen LogP contribution >= 0.6 is 0 Å². The number of nitrogens with one attached hydrogen (secondary N) is 1. The van der Waals surface area contributed by atoms with Crippen molar-refractivity contribution in [1.82, 2.24) is 19.5 Å². The molecule has 4 rings (SSSR count). The summed E-state index contributed by atoms with van der Waals surface area (Å²) in [6.07, 6.45) is -1.41. The fourth-order valence-corrected chi connectivity index (χ4v) is 3.66. The standard InChI is InChI=1S/C20H25N5O6/c1-10(11-4-5-12(29-2)13(6-11)30-3)24-18-15-19(22-8-21-18)25(9-23-15)20-17(28)16(27)14(7-26)31-20/h4-6,8-10,14,16-17,20,26-28H,7H2,1-3H3,(H,21,22,24). The molecule has 5 atom stereocenters. The molecule has 2 aromatic heterocycles. The Morgan fingerprint density at radius 2 is 1.90 bits per heavy atom. The first kappa shape index (κ1) is 21.2. The molecule has 1 saturated heterocycles. The van der Waals surface area contributed by atoms with Gasteiger partial charge in [-0.3, -0.25) is 4.57 Å². The van der Waals surface area contributed by atoms with Crippen molar-refractivity contribution >= 4 is 17.0 Å². The Bertz CT molecular complexity index is 1060. The number of rotatable bonds is 7. The fourth-order valence-electron chi connectivity index (χ4n) is 3.66. The highest BCUT2D eigenvalue weighted by Crippen LogP contribution is 2.34. The normalized spacial score (nSPS) is 24.3. The summed E-state index contributed by atoms with van der Waals surface area (Å²) in [5, 5.41) is 33.0. The van der Waals surface area contributed by atoms with E-state index in [4.69, 9.17) is 14.2 Å². The topological polar surface area (TPSA) is 144 Å². The number of nitrogens with zero attached hydrogens (tertiary/aromatic N) is 4. The molecule has 3 aromatic rings. The van der Waals surface area contributed by atoms with Gasteiger partial charge in [-0.05, 0) is 24.6 Å². The lowest BCUT2D eigenvalue weighted by Crippen LogP contribution is -2.33. The molecule has 11 heteroatoms. The summed E-state index contributed by atoms with van der Waals surface area (Å²) < 4.78 is 17.8. The molecule has 0 bridgehead atoms. The van der Waals surface area contributed by atoms with Gasteiger partial charge < -0.3 is 34.8 Å². The minimum absolute atomic E-state index is 0.142. The van der Waals surface area contributed by atoms with E-state index in [-0.39, 0.29) is 6.04 Å². The van der Waals surface area contributed by atoms with Crippen molar-refractivity contribution in [1.29, 1.82) is 0 Å². The molecule has 0 radical (unpaired) electrons. The highest BCUT2D eigenvalue weighted by molar-refractivity contribution is 5.83. The maximum Gasteiger partial charge on any atom is 0.167 e. The Morgan fingerprint density at radius 3 is 2.58 bits per heavy atom. The van der Waals surface area contributed by atoms with E-state index in [0.29, 0.717) is 28.5 Å². The average molecular weight is 431 g/mol. The van der Waals surface area contributed by atoms with E-state index in [1.165, 1.54) is 17.2 Å². The lowest BCUT2D eigenvalue weighted by atomic mass is 10.1. The molecule has 166 valence electrons. The van der Waals surface area contributed by atoms with Crippen LogP contribution in [-0.4, -0.2) is 74.0 Å². The fraction of sp³-hybridized carbons (Fsp3) is 0.450. The smallest absolute Gasteiger partial charge is 0.167 e. The summed E-state index contributed by atoms with van der Waals surface area (Å²) in [5.74, 6) is 1.76. The van der Waals surface area contributed by atoms with E-state index in [2.05, 4.69) is 20.3 Å². The molecule has 0 saturated carbocycles. The van der Waals surface area contributed by atoms with Crippen LogP contribution in [0.5, 0.6) is 11.5 Å². The van der Waals surface area contributed by atoms with Gasteiger partial charge in [0.2, 0.25) is 0 Å². The van der Waals surface area contributed by atoms with Crippen LogP contribution in [0.4, 0.5) is 5.82 Å². The zero-order valence-electron chi connectivity index (χ0n) is 17.3. The number of hydrogen-bond acceptors (Lipinski definition) is 10. The summed E-state index contributed by atoms with van der Waals surface area (Å²) in [6.45, 7) is 1.56. The Balaban J connectivity index is 1.61. The Hall–Kier alpha value is -2.99. The number of aromatic nitrogens is 4. The zero-order valence-corrected chi connectivity index (χ0v) is 17.3. The Labute approximate surface area is 178 Å². The van der Waals surface area contributed by atoms with Gasteiger partial charge in [0, 0.05) is 0 Å². The zero-order chi connectivity index (χ0) is 22.1. The van der Waals surface area contributed by atoms with E-state index < -0.39 is 31.1 Å². The van der Waals surface area contributed by atoms with Crippen molar-refractivity contribution in [3.63, 3.8) is 0 Å². The summed E-state index contributed by atoms with van der Waals surface area (Å²) in [5.41, 5.74) is 1.85. The van der Waals surface area contributed by atoms with Gasteiger partial charge in [-0.15, -0.1) is 0 Å². The van der Waals surface area contributed by atoms with Gasteiger partial charge in [0.15, 0.2) is 34.7 Å². The Morgan fingerprint density at radius 1 is 1.13 bits per heavy atom. The van der Waals surface area contributed by atoms with Crippen molar-refractivity contribution in [2.24, 2.45) is 0 Å². The van der Waals surface area contributed by atoms with E-state index in [1.807, 2.05) is 25.1 Å². The van der Waals surface area contributed by atoms with Crippen LogP contribution in [0.1, 0.15) is 24.8 Å². The van der Waals surface area contributed by atoms with Crippen molar-refractivity contribution in [2.45, 2.75) is 37.5 Å². The monoisotopic (exact) mass is 431 g/mol.